The van der Waals surface area contributed by atoms with Crippen LogP contribution < -0.4 is 0 Å². The third-order valence-electron chi connectivity index (χ3n) is 3.75. The number of fused-ring (bicyclic) bond motifs is 1. The van der Waals surface area contributed by atoms with Crippen molar-refractivity contribution in [3.63, 3.8) is 0 Å². The molecule has 0 unspecified atom stereocenters. The van der Waals surface area contributed by atoms with Crippen LogP contribution in [-0.2, 0) is 4.79 Å². The highest BCUT2D eigenvalue weighted by molar-refractivity contribution is 5.87. The highest BCUT2D eigenvalue weighted by Crippen LogP contribution is 2.34. The first-order valence-electron chi connectivity index (χ1n) is 6.34. The number of Topliss-reactive ketones (excluding diaryl/α,β-unsaturated/α-hetero) is 1. The molecule has 0 spiro atoms. The number of carbonyl (C=O) groups excluding carboxylic acids is 1. The van der Waals surface area contributed by atoms with E-state index in [1.807, 2.05) is 0 Å². The maximum atomic E-state index is 11.6. The Hall–Kier alpha value is -1.63. The predicted molar refractivity (Wildman–Crippen MR) is 70.2 cm³/mol. The molecule has 2 aromatic rings. The van der Waals surface area contributed by atoms with E-state index in [9.17, 15) is 4.79 Å². The zero-order valence-electron chi connectivity index (χ0n) is 9.86. The first kappa shape index (κ1) is 10.5. The minimum atomic E-state index is 0.425. The Bertz CT molecular complexity index is 551. The summed E-state index contributed by atoms with van der Waals surface area (Å²) in [6.07, 6.45) is 3.71. The molecule has 17 heavy (non-hydrogen) atoms. The number of carbonyl (C=O) groups is 1. The summed E-state index contributed by atoms with van der Waals surface area (Å²) in [5.41, 5.74) is 1.36. The molecule has 0 bridgehead atoms. The molecule has 0 aliphatic heterocycles. The quantitative estimate of drug-likeness (QED) is 0.713. The second kappa shape index (κ2) is 4.33. The molecule has 1 aliphatic rings. The normalized spacial score (nSPS) is 20.7. The maximum Gasteiger partial charge on any atom is 0.133 e. The first-order chi connectivity index (χ1) is 8.34. The molecule has 0 N–H and O–H groups in total. The van der Waals surface area contributed by atoms with Crippen LogP contribution >= 0.6 is 0 Å². The summed E-state index contributed by atoms with van der Waals surface area (Å²) in [7, 11) is 0. The van der Waals surface area contributed by atoms with E-state index in [1.165, 1.54) is 16.3 Å². The third-order valence-corrected chi connectivity index (χ3v) is 3.75. The molecule has 1 nitrogen and oxygen atoms in total. The fourth-order valence-electron chi connectivity index (χ4n) is 2.90. The summed E-state index contributed by atoms with van der Waals surface area (Å²) >= 11 is 0. The second-order valence-electron chi connectivity index (χ2n) is 4.90. The van der Waals surface area contributed by atoms with Crippen LogP contribution in [0.1, 0.15) is 37.2 Å². The summed E-state index contributed by atoms with van der Waals surface area (Å²) in [6.45, 7) is 0. The maximum absolute atomic E-state index is 11.6. The fraction of sp³-hybridized carbons (Fsp3) is 0.312. The number of ketones is 1. The lowest BCUT2D eigenvalue weighted by molar-refractivity contribution is -0.120. The average Bonchev–Trinajstić information content (AvgIpc) is 2.38. The van der Waals surface area contributed by atoms with Crippen molar-refractivity contribution in [1.82, 2.24) is 0 Å². The molecule has 1 fully saturated rings. The summed E-state index contributed by atoms with van der Waals surface area (Å²) < 4.78 is 0. The van der Waals surface area contributed by atoms with E-state index < -0.39 is 0 Å². The number of rotatable bonds is 1. The molecule has 2 aromatic carbocycles. The highest BCUT2D eigenvalue weighted by atomic mass is 16.1. The van der Waals surface area contributed by atoms with Gasteiger partial charge in [0, 0.05) is 12.8 Å². The minimum absolute atomic E-state index is 0.425. The van der Waals surface area contributed by atoms with Gasteiger partial charge >= 0.3 is 0 Å². The molecule has 1 atom stereocenters. The van der Waals surface area contributed by atoms with Crippen molar-refractivity contribution >= 4 is 16.6 Å². The van der Waals surface area contributed by atoms with Gasteiger partial charge in [0.05, 0.1) is 0 Å². The largest absolute Gasteiger partial charge is 0.300 e. The molecule has 1 heteroatoms. The minimum Gasteiger partial charge on any atom is -0.300 e. The Labute approximate surface area is 101 Å². The van der Waals surface area contributed by atoms with E-state index in [1.54, 1.807) is 0 Å². The highest BCUT2D eigenvalue weighted by Gasteiger charge is 2.22. The first-order valence-corrected chi connectivity index (χ1v) is 6.34. The van der Waals surface area contributed by atoms with Crippen LogP contribution in [0.3, 0.4) is 0 Å². The van der Waals surface area contributed by atoms with Crippen LogP contribution in [0.25, 0.3) is 10.8 Å². The van der Waals surface area contributed by atoms with Crippen LogP contribution in [0.5, 0.6) is 0 Å². The third kappa shape index (κ3) is 1.97. The summed E-state index contributed by atoms with van der Waals surface area (Å²) in [4.78, 5) is 11.6. The summed E-state index contributed by atoms with van der Waals surface area (Å²) in [6, 6.07) is 14.9. The van der Waals surface area contributed by atoms with E-state index in [0.29, 0.717) is 11.7 Å². The van der Waals surface area contributed by atoms with Gasteiger partial charge in [-0.1, -0.05) is 42.5 Å². The lowest BCUT2D eigenvalue weighted by Gasteiger charge is -2.22. The van der Waals surface area contributed by atoms with Gasteiger partial charge in [-0.15, -0.1) is 0 Å². The van der Waals surface area contributed by atoms with Crippen molar-refractivity contribution in [2.75, 3.05) is 0 Å². The van der Waals surface area contributed by atoms with Crippen molar-refractivity contribution in [3.8, 4) is 0 Å². The van der Waals surface area contributed by atoms with Crippen molar-refractivity contribution in [2.24, 2.45) is 0 Å². The lowest BCUT2D eigenvalue weighted by Crippen LogP contribution is -2.13. The standard InChI is InChI=1S/C16H16O/c17-14-8-3-7-13(11-14)16-10-4-6-12-5-1-2-9-15(12)16/h1-2,4-6,9-10,13H,3,7-8,11H2/t13-/m0/s1. The monoisotopic (exact) mass is 224 g/mol. The molecule has 0 heterocycles. The number of hydrogen-bond acceptors (Lipinski definition) is 1. The van der Waals surface area contributed by atoms with Crippen molar-refractivity contribution in [3.05, 3.63) is 48.0 Å². The van der Waals surface area contributed by atoms with Crippen LogP contribution in [0.2, 0.25) is 0 Å². The van der Waals surface area contributed by atoms with Gasteiger partial charge in [0.25, 0.3) is 0 Å². The number of hydrogen-bond donors (Lipinski definition) is 0. The fourth-order valence-corrected chi connectivity index (χ4v) is 2.90. The average molecular weight is 224 g/mol. The molecular formula is C16H16O. The van der Waals surface area contributed by atoms with Crippen LogP contribution in [0, 0.1) is 0 Å². The zero-order chi connectivity index (χ0) is 11.7. The Morgan fingerprint density at radius 2 is 1.82 bits per heavy atom. The van der Waals surface area contributed by atoms with Gasteiger partial charge in [0.1, 0.15) is 5.78 Å². The molecule has 1 aliphatic carbocycles. The molecular weight excluding hydrogens is 208 g/mol. The SMILES string of the molecule is O=C1CCC[C@H](c2cccc3ccccc23)C1. The van der Waals surface area contributed by atoms with Gasteiger partial charge < -0.3 is 0 Å². The van der Waals surface area contributed by atoms with Crippen molar-refractivity contribution in [2.45, 2.75) is 31.6 Å². The smallest absolute Gasteiger partial charge is 0.133 e. The Morgan fingerprint density at radius 3 is 2.71 bits per heavy atom. The molecule has 0 saturated heterocycles. The van der Waals surface area contributed by atoms with Gasteiger partial charge in [-0.25, -0.2) is 0 Å². The second-order valence-corrected chi connectivity index (χ2v) is 4.90. The van der Waals surface area contributed by atoms with Crippen molar-refractivity contribution < 1.29 is 4.79 Å². The molecule has 1 saturated carbocycles. The topological polar surface area (TPSA) is 17.1 Å². The van der Waals surface area contributed by atoms with E-state index >= 15 is 0 Å². The molecule has 0 amide bonds. The van der Waals surface area contributed by atoms with E-state index in [-0.39, 0.29) is 0 Å². The predicted octanol–water partition coefficient (Wildman–Crippen LogP) is 4.07. The van der Waals surface area contributed by atoms with Crippen LogP contribution in [0.4, 0.5) is 0 Å². The van der Waals surface area contributed by atoms with Crippen LogP contribution in [-0.4, -0.2) is 5.78 Å². The summed E-state index contributed by atoms with van der Waals surface area (Å²) in [5, 5.41) is 2.60. The number of benzene rings is 2. The van der Waals surface area contributed by atoms with E-state index in [4.69, 9.17) is 0 Å². The molecule has 0 radical (unpaired) electrons. The Kier molecular flexibility index (Phi) is 2.68. The van der Waals surface area contributed by atoms with Gasteiger partial charge in [-0.2, -0.15) is 0 Å². The van der Waals surface area contributed by atoms with Crippen molar-refractivity contribution in [1.29, 1.82) is 0 Å². The Balaban J connectivity index is 2.07. The molecule has 0 aromatic heterocycles. The summed E-state index contributed by atoms with van der Waals surface area (Å²) in [5.74, 6) is 0.858. The van der Waals surface area contributed by atoms with Gasteiger partial charge in [-0.05, 0) is 35.1 Å². The Morgan fingerprint density at radius 1 is 1.00 bits per heavy atom. The van der Waals surface area contributed by atoms with E-state index in [0.717, 1.165) is 25.7 Å². The zero-order valence-corrected chi connectivity index (χ0v) is 9.86. The lowest BCUT2D eigenvalue weighted by atomic mass is 9.81. The molecule has 86 valence electrons. The van der Waals surface area contributed by atoms with E-state index in [2.05, 4.69) is 42.5 Å². The van der Waals surface area contributed by atoms with Crippen LogP contribution in [0.15, 0.2) is 42.5 Å². The van der Waals surface area contributed by atoms with Gasteiger partial charge in [0.2, 0.25) is 0 Å². The molecule has 3 rings (SSSR count). The van der Waals surface area contributed by atoms with Gasteiger partial charge in [-0.3, -0.25) is 4.79 Å². The van der Waals surface area contributed by atoms with Gasteiger partial charge in [0.15, 0.2) is 0 Å².